The van der Waals surface area contributed by atoms with Gasteiger partial charge in [0, 0.05) is 45.8 Å². The molecule has 1 aromatic heterocycles. The summed E-state index contributed by atoms with van der Waals surface area (Å²) in [5.74, 6) is 0.875. The molecule has 152 valence electrons. The number of aliphatic imine (C=N–C) groups is 1. The van der Waals surface area contributed by atoms with Crippen LogP contribution in [0.1, 0.15) is 30.5 Å². The van der Waals surface area contributed by atoms with Crippen molar-refractivity contribution < 1.29 is 0 Å². The molecule has 1 saturated heterocycles. The highest BCUT2D eigenvalue weighted by Gasteiger charge is 2.16. The zero-order chi connectivity index (χ0) is 19.6. The first-order valence-electron chi connectivity index (χ1n) is 10.3. The van der Waals surface area contributed by atoms with Crippen LogP contribution in [0.4, 0.5) is 0 Å². The van der Waals surface area contributed by atoms with Crippen LogP contribution in [0.3, 0.4) is 0 Å². The molecule has 1 aromatic carbocycles. The molecule has 0 bridgehead atoms. The summed E-state index contributed by atoms with van der Waals surface area (Å²) in [5, 5.41) is 11.1. The molecule has 5 nitrogen and oxygen atoms in total. The maximum Gasteiger partial charge on any atom is 0.191 e. The van der Waals surface area contributed by atoms with E-state index < -0.39 is 0 Å². The van der Waals surface area contributed by atoms with Crippen molar-refractivity contribution in [2.45, 2.75) is 33.5 Å². The number of likely N-dealkylation sites (N-methyl/N-ethyl adjacent to an activating group) is 1. The van der Waals surface area contributed by atoms with E-state index in [0.29, 0.717) is 6.54 Å². The lowest BCUT2D eigenvalue weighted by molar-refractivity contribution is 0.131. The molecular weight excluding hydrogens is 366 g/mol. The average Bonchev–Trinajstić information content (AvgIpc) is 3.25. The Bertz CT molecular complexity index is 720. The Labute approximate surface area is 173 Å². The summed E-state index contributed by atoms with van der Waals surface area (Å²) in [4.78, 5) is 9.81. The van der Waals surface area contributed by atoms with Gasteiger partial charge in [0.2, 0.25) is 0 Å². The Hall–Kier alpha value is -1.89. The van der Waals surface area contributed by atoms with E-state index >= 15 is 0 Å². The van der Waals surface area contributed by atoms with Gasteiger partial charge in [-0.25, -0.2) is 4.99 Å². The number of thiophene rings is 1. The third-order valence-electron chi connectivity index (χ3n) is 5.21. The van der Waals surface area contributed by atoms with Gasteiger partial charge >= 0.3 is 0 Å². The van der Waals surface area contributed by atoms with E-state index in [1.165, 1.54) is 29.8 Å². The molecule has 2 heterocycles. The molecule has 2 aromatic rings. The van der Waals surface area contributed by atoms with E-state index in [0.717, 1.165) is 45.2 Å². The SMILES string of the molecule is CCNC(=NCc1ccsc1)NCc1ccccc1CN1CCN(CC)CC1. The van der Waals surface area contributed by atoms with Crippen LogP contribution in [0, 0.1) is 0 Å². The molecule has 0 unspecified atom stereocenters. The van der Waals surface area contributed by atoms with Crippen LogP contribution in [-0.4, -0.2) is 55.0 Å². The number of hydrogen-bond donors (Lipinski definition) is 2. The Morgan fingerprint density at radius 3 is 2.43 bits per heavy atom. The molecule has 1 fully saturated rings. The van der Waals surface area contributed by atoms with Crippen molar-refractivity contribution in [3.8, 4) is 0 Å². The maximum absolute atomic E-state index is 4.72. The normalized spacial score (nSPS) is 16.3. The zero-order valence-corrected chi connectivity index (χ0v) is 18.0. The van der Waals surface area contributed by atoms with Crippen LogP contribution >= 0.6 is 11.3 Å². The van der Waals surface area contributed by atoms with E-state index in [1.807, 2.05) is 0 Å². The van der Waals surface area contributed by atoms with E-state index in [9.17, 15) is 0 Å². The molecule has 0 aliphatic carbocycles. The van der Waals surface area contributed by atoms with Gasteiger partial charge in [-0.15, -0.1) is 0 Å². The first-order chi connectivity index (χ1) is 13.8. The maximum atomic E-state index is 4.72. The van der Waals surface area contributed by atoms with Crippen molar-refractivity contribution in [3.63, 3.8) is 0 Å². The van der Waals surface area contributed by atoms with Gasteiger partial charge in [-0.2, -0.15) is 11.3 Å². The zero-order valence-electron chi connectivity index (χ0n) is 17.2. The summed E-state index contributed by atoms with van der Waals surface area (Å²) >= 11 is 1.72. The number of rotatable bonds is 8. The van der Waals surface area contributed by atoms with Gasteiger partial charge in [0.25, 0.3) is 0 Å². The third kappa shape index (κ3) is 6.33. The fourth-order valence-electron chi connectivity index (χ4n) is 3.46. The van der Waals surface area contributed by atoms with E-state index in [4.69, 9.17) is 4.99 Å². The summed E-state index contributed by atoms with van der Waals surface area (Å²) in [5.41, 5.74) is 4.02. The molecule has 2 N–H and O–H groups in total. The first-order valence-corrected chi connectivity index (χ1v) is 11.3. The highest BCUT2D eigenvalue weighted by molar-refractivity contribution is 7.07. The fraction of sp³-hybridized carbons (Fsp3) is 0.500. The minimum Gasteiger partial charge on any atom is -0.357 e. The lowest BCUT2D eigenvalue weighted by atomic mass is 10.1. The fourth-order valence-corrected chi connectivity index (χ4v) is 4.12. The summed E-state index contributed by atoms with van der Waals surface area (Å²) in [6.45, 7) is 13.6. The second-order valence-electron chi connectivity index (χ2n) is 7.16. The quantitative estimate of drug-likeness (QED) is 0.529. The largest absolute Gasteiger partial charge is 0.357 e. The predicted molar refractivity (Wildman–Crippen MR) is 120 cm³/mol. The van der Waals surface area contributed by atoms with Crippen LogP contribution in [0.2, 0.25) is 0 Å². The molecule has 1 aliphatic rings. The van der Waals surface area contributed by atoms with E-state index in [2.05, 4.69) is 75.4 Å². The summed E-state index contributed by atoms with van der Waals surface area (Å²) < 4.78 is 0. The molecule has 3 rings (SSSR count). The second kappa shape index (κ2) is 11.2. The van der Waals surface area contributed by atoms with E-state index in [-0.39, 0.29) is 0 Å². The van der Waals surface area contributed by atoms with Crippen molar-refractivity contribution in [1.29, 1.82) is 0 Å². The number of benzene rings is 1. The molecule has 0 amide bonds. The monoisotopic (exact) mass is 399 g/mol. The highest BCUT2D eigenvalue weighted by Crippen LogP contribution is 2.14. The summed E-state index contributed by atoms with van der Waals surface area (Å²) in [7, 11) is 0. The van der Waals surface area contributed by atoms with Crippen LogP contribution in [0.15, 0.2) is 46.1 Å². The van der Waals surface area contributed by atoms with E-state index in [1.54, 1.807) is 11.3 Å². The van der Waals surface area contributed by atoms with Crippen molar-refractivity contribution in [3.05, 3.63) is 57.8 Å². The van der Waals surface area contributed by atoms with Gasteiger partial charge in [0.1, 0.15) is 0 Å². The lowest BCUT2D eigenvalue weighted by Crippen LogP contribution is -2.45. The smallest absolute Gasteiger partial charge is 0.191 e. The molecule has 0 radical (unpaired) electrons. The molecule has 0 atom stereocenters. The average molecular weight is 400 g/mol. The highest BCUT2D eigenvalue weighted by atomic mass is 32.1. The minimum atomic E-state index is 0.711. The van der Waals surface area contributed by atoms with Crippen molar-refractivity contribution in [1.82, 2.24) is 20.4 Å². The minimum absolute atomic E-state index is 0.711. The van der Waals surface area contributed by atoms with Gasteiger partial charge in [-0.05, 0) is 47.0 Å². The van der Waals surface area contributed by atoms with Gasteiger partial charge in [-0.1, -0.05) is 31.2 Å². The van der Waals surface area contributed by atoms with Crippen LogP contribution in [-0.2, 0) is 19.6 Å². The van der Waals surface area contributed by atoms with Crippen molar-refractivity contribution >= 4 is 17.3 Å². The van der Waals surface area contributed by atoms with Crippen LogP contribution in [0.25, 0.3) is 0 Å². The van der Waals surface area contributed by atoms with Gasteiger partial charge in [-0.3, -0.25) is 4.90 Å². The molecule has 0 saturated carbocycles. The third-order valence-corrected chi connectivity index (χ3v) is 5.95. The molecule has 0 spiro atoms. The topological polar surface area (TPSA) is 42.9 Å². The van der Waals surface area contributed by atoms with Crippen LogP contribution in [0.5, 0.6) is 0 Å². The van der Waals surface area contributed by atoms with Gasteiger partial charge < -0.3 is 15.5 Å². The number of piperazine rings is 1. The Morgan fingerprint density at radius 2 is 1.75 bits per heavy atom. The number of nitrogens with zero attached hydrogens (tertiary/aromatic N) is 3. The Morgan fingerprint density at radius 1 is 1.00 bits per heavy atom. The number of hydrogen-bond acceptors (Lipinski definition) is 4. The second-order valence-corrected chi connectivity index (χ2v) is 7.94. The number of nitrogens with one attached hydrogen (secondary N) is 2. The summed E-state index contributed by atoms with van der Waals surface area (Å²) in [6, 6.07) is 10.9. The molecule has 1 aliphatic heterocycles. The first kappa shape index (κ1) is 20.8. The Kier molecular flexibility index (Phi) is 8.33. The van der Waals surface area contributed by atoms with Crippen LogP contribution < -0.4 is 10.6 Å². The summed E-state index contributed by atoms with van der Waals surface area (Å²) in [6.07, 6.45) is 0. The van der Waals surface area contributed by atoms with Crippen molar-refractivity contribution in [2.75, 3.05) is 39.3 Å². The Balaban J connectivity index is 1.58. The standard InChI is InChI=1S/C22H33N5S/c1-3-23-22(24-15-19-9-14-28-18-19)25-16-20-7-5-6-8-21(20)17-27-12-10-26(4-2)11-13-27/h5-9,14,18H,3-4,10-13,15-17H2,1-2H3,(H2,23,24,25). The predicted octanol–water partition coefficient (Wildman–Crippen LogP) is 3.14. The number of guanidine groups is 1. The van der Waals surface area contributed by atoms with Crippen molar-refractivity contribution in [2.24, 2.45) is 4.99 Å². The molecule has 6 heteroatoms. The van der Waals surface area contributed by atoms with Gasteiger partial charge in [0.05, 0.1) is 6.54 Å². The lowest BCUT2D eigenvalue weighted by Gasteiger charge is -2.34. The van der Waals surface area contributed by atoms with Gasteiger partial charge in [0.15, 0.2) is 5.96 Å². The molecule has 28 heavy (non-hydrogen) atoms. The molecular formula is C22H33N5S.